The van der Waals surface area contributed by atoms with Gasteiger partial charge in [-0.3, -0.25) is 21.5 Å². The first kappa shape index (κ1) is 21.2. The Morgan fingerprint density at radius 3 is 2.19 bits per heavy atom. The lowest BCUT2D eigenvalue weighted by molar-refractivity contribution is -0.138. The van der Waals surface area contributed by atoms with E-state index in [1.807, 2.05) is 0 Å². The summed E-state index contributed by atoms with van der Waals surface area (Å²) < 4.78 is 0. The molecule has 1 heterocycles. The third-order valence-electron chi connectivity index (χ3n) is 2.19. The first-order valence-corrected chi connectivity index (χ1v) is 6.14. The summed E-state index contributed by atoms with van der Waals surface area (Å²) in [6, 6.07) is 2.37. The van der Waals surface area contributed by atoms with Gasteiger partial charge in [0.25, 0.3) is 0 Å². The van der Waals surface area contributed by atoms with Crippen LogP contribution in [0.15, 0.2) is 24.5 Å². The highest BCUT2D eigenvalue weighted by Gasteiger charge is 2.09. The van der Waals surface area contributed by atoms with Gasteiger partial charge in [0.2, 0.25) is 0 Å². The van der Waals surface area contributed by atoms with E-state index in [0.717, 1.165) is 12.8 Å². The second-order valence-electron chi connectivity index (χ2n) is 3.78. The fourth-order valence-electron chi connectivity index (χ4n) is 1.12. The lowest BCUT2D eigenvalue weighted by atomic mass is 10.1. The molecule has 1 unspecified atom stereocenters. The van der Waals surface area contributed by atoms with Gasteiger partial charge in [-0.05, 0) is 31.5 Å². The number of aromatic nitrogens is 1. The minimum atomic E-state index is -0.942. The Balaban J connectivity index is 0. The molecule has 0 aliphatic heterocycles. The number of pyridine rings is 1. The zero-order chi connectivity index (χ0) is 16.7. The van der Waals surface area contributed by atoms with E-state index in [4.69, 9.17) is 21.7 Å². The van der Waals surface area contributed by atoms with Crippen molar-refractivity contribution in [3.8, 4) is 0 Å². The second-order valence-corrected chi connectivity index (χ2v) is 3.78. The molecule has 0 saturated heterocycles. The van der Waals surface area contributed by atoms with Crippen LogP contribution in [0.25, 0.3) is 0 Å². The van der Waals surface area contributed by atoms with Crippen molar-refractivity contribution in [2.75, 3.05) is 6.54 Å². The van der Waals surface area contributed by atoms with Crippen molar-refractivity contribution >= 4 is 11.9 Å². The van der Waals surface area contributed by atoms with Crippen molar-refractivity contribution in [1.29, 1.82) is 0 Å². The van der Waals surface area contributed by atoms with Crippen LogP contribution < -0.4 is 23.2 Å². The Bertz CT molecular complexity index is 388. The molecule has 0 aromatic carbocycles. The number of carbonyl (C=O) groups is 2. The van der Waals surface area contributed by atoms with E-state index in [1.165, 1.54) is 18.5 Å². The molecule has 1 rings (SSSR count). The number of carboxylic acid groups (broad SMARTS) is 2. The summed E-state index contributed by atoms with van der Waals surface area (Å²) in [5.74, 6) is 6.13. The molecule has 9 nitrogen and oxygen atoms in total. The largest absolute Gasteiger partial charge is 0.480 e. The first-order chi connectivity index (χ1) is 9.99. The molecule has 9 heteroatoms. The highest BCUT2D eigenvalue weighted by atomic mass is 16.4. The van der Waals surface area contributed by atoms with Crippen LogP contribution >= 0.6 is 0 Å². The number of hydrogen-bond donors (Lipinski definition) is 6. The number of hydrogen-bond acceptors (Lipinski definition) is 7. The lowest BCUT2D eigenvalue weighted by Crippen LogP contribution is -2.29. The summed E-state index contributed by atoms with van der Waals surface area (Å²) in [4.78, 5) is 23.9. The number of carboxylic acids is 2. The number of aliphatic carboxylic acids is 1. The van der Waals surface area contributed by atoms with Crippen LogP contribution in [0.1, 0.15) is 29.6 Å². The Morgan fingerprint density at radius 1 is 1.24 bits per heavy atom. The zero-order valence-corrected chi connectivity index (χ0v) is 11.7. The maximum atomic E-state index is 10.2. The molecule has 0 saturated carbocycles. The summed E-state index contributed by atoms with van der Waals surface area (Å²) in [5.41, 5.74) is 10.6. The van der Waals surface area contributed by atoms with Crippen LogP contribution in [0.4, 0.5) is 0 Å². The van der Waals surface area contributed by atoms with Gasteiger partial charge >= 0.3 is 11.9 Å². The molecule has 0 aliphatic carbocycles. The maximum absolute atomic E-state index is 10.2. The molecule has 120 valence electrons. The number of rotatable bonds is 6. The first-order valence-electron chi connectivity index (χ1n) is 6.14. The SMILES string of the molecule is NCCCCC(N)C(=O)O.NN.O=C(O)c1cccnc1. The average molecular weight is 301 g/mol. The molecule has 0 bridgehead atoms. The summed E-state index contributed by atoms with van der Waals surface area (Å²) in [5, 5.41) is 16.7. The monoisotopic (exact) mass is 301 g/mol. The van der Waals surface area contributed by atoms with Gasteiger partial charge in [0, 0.05) is 12.4 Å². The second kappa shape index (κ2) is 14.3. The summed E-state index contributed by atoms with van der Waals surface area (Å²) in [7, 11) is 0. The van der Waals surface area contributed by atoms with Crippen LogP contribution in [0.2, 0.25) is 0 Å². The predicted octanol–water partition coefficient (Wildman–Crippen LogP) is -0.874. The van der Waals surface area contributed by atoms with Gasteiger partial charge in [0.05, 0.1) is 5.56 Å². The van der Waals surface area contributed by atoms with Gasteiger partial charge < -0.3 is 21.7 Å². The maximum Gasteiger partial charge on any atom is 0.337 e. The van der Waals surface area contributed by atoms with E-state index in [1.54, 1.807) is 6.07 Å². The van der Waals surface area contributed by atoms with Crippen molar-refractivity contribution in [1.82, 2.24) is 4.98 Å². The highest BCUT2D eigenvalue weighted by Crippen LogP contribution is 1.97. The Morgan fingerprint density at radius 2 is 1.86 bits per heavy atom. The minimum absolute atomic E-state index is 0.220. The molecule has 21 heavy (non-hydrogen) atoms. The van der Waals surface area contributed by atoms with Gasteiger partial charge in [0.15, 0.2) is 0 Å². The van der Waals surface area contributed by atoms with Crippen LogP contribution in [-0.2, 0) is 4.79 Å². The molecule has 0 radical (unpaired) electrons. The Hall–Kier alpha value is -2.07. The number of nitrogens with zero attached hydrogens (tertiary/aromatic N) is 1. The molecule has 1 atom stereocenters. The molecule has 0 fully saturated rings. The Labute approximate surface area is 122 Å². The van der Waals surface area contributed by atoms with Crippen LogP contribution in [0, 0.1) is 0 Å². The molecular formula is C12H23N5O4. The highest BCUT2D eigenvalue weighted by molar-refractivity contribution is 5.86. The molecule has 0 amide bonds. The standard InChI is InChI=1S/C6H14N2O2.C6H5NO2.H4N2/c7-4-2-1-3-5(8)6(9)10;8-6(9)5-2-1-3-7-4-5;1-2/h5H,1-4,7-8H2,(H,9,10);1-4H,(H,8,9);1-2H2. The smallest absolute Gasteiger partial charge is 0.337 e. The quantitative estimate of drug-likeness (QED) is 0.220. The van der Waals surface area contributed by atoms with Gasteiger partial charge in [-0.1, -0.05) is 6.42 Å². The third kappa shape index (κ3) is 12.7. The molecular weight excluding hydrogens is 278 g/mol. The van der Waals surface area contributed by atoms with Crippen LogP contribution in [0.3, 0.4) is 0 Å². The number of aromatic carboxylic acids is 1. The number of nitrogens with two attached hydrogens (primary N) is 4. The van der Waals surface area contributed by atoms with Gasteiger partial charge in [-0.25, -0.2) is 4.79 Å². The number of hydrazine groups is 1. The zero-order valence-electron chi connectivity index (χ0n) is 11.7. The lowest BCUT2D eigenvalue weighted by Gasteiger charge is -2.03. The van der Waals surface area contributed by atoms with E-state index in [2.05, 4.69) is 16.7 Å². The van der Waals surface area contributed by atoms with Gasteiger partial charge in [-0.2, -0.15) is 0 Å². The summed E-state index contributed by atoms with van der Waals surface area (Å²) in [6.07, 6.45) is 5.01. The van der Waals surface area contributed by atoms with Crippen LogP contribution in [0.5, 0.6) is 0 Å². The van der Waals surface area contributed by atoms with Crippen molar-refractivity contribution < 1.29 is 19.8 Å². The Kier molecular flexibility index (Phi) is 14.5. The number of unbranched alkanes of at least 4 members (excludes halogenated alkanes) is 1. The fraction of sp³-hybridized carbons (Fsp3) is 0.417. The van der Waals surface area contributed by atoms with Gasteiger partial charge in [-0.15, -0.1) is 0 Å². The molecule has 10 N–H and O–H groups in total. The van der Waals surface area contributed by atoms with E-state index in [-0.39, 0.29) is 5.56 Å². The van der Waals surface area contributed by atoms with Crippen LogP contribution in [-0.4, -0.2) is 39.7 Å². The topological polar surface area (TPSA) is 192 Å². The van der Waals surface area contributed by atoms with Gasteiger partial charge in [0.1, 0.15) is 6.04 Å². The summed E-state index contributed by atoms with van der Waals surface area (Å²) in [6.45, 7) is 0.604. The van der Waals surface area contributed by atoms with Crippen molar-refractivity contribution in [2.45, 2.75) is 25.3 Å². The van der Waals surface area contributed by atoms with Crippen molar-refractivity contribution in [3.05, 3.63) is 30.1 Å². The molecule has 1 aromatic rings. The van der Waals surface area contributed by atoms with E-state index in [0.29, 0.717) is 13.0 Å². The predicted molar refractivity (Wildman–Crippen MR) is 78.1 cm³/mol. The van der Waals surface area contributed by atoms with Crippen molar-refractivity contribution in [2.24, 2.45) is 23.2 Å². The van der Waals surface area contributed by atoms with E-state index in [9.17, 15) is 9.59 Å². The van der Waals surface area contributed by atoms with E-state index >= 15 is 0 Å². The molecule has 0 spiro atoms. The summed E-state index contributed by atoms with van der Waals surface area (Å²) >= 11 is 0. The van der Waals surface area contributed by atoms with Crippen molar-refractivity contribution in [3.63, 3.8) is 0 Å². The minimum Gasteiger partial charge on any atom is -0.480 e. The molecule has 1 aromatic heterocycles. The molecule has 0 aliphatic rings. The van der Waals surface area contributed by atoms with E-state index < -0.39 is 18.0 Å². The third-order valence-corrected chi connectivity index (χ3v) is 2.19. The fourth-order valence-corrected chi connectivity index (χ4v) is 1.12. The normalized spacial score (nSPS) is 10.3. The average Bonchev–Trinajstić information content (AvgIpc) is 2.51.